The fraction of sp³-hybridized carbons (Fsp3) is 0.409. The molecule has 27 heavy (non-hydrogen) atoms. The van der Waals surface area contributed by atoms with E-state index in [-0.39, 0.29) is 18.6 Å². The van der Waals surface area contributed by atoms with Crippen LogP contribution in [0.5, 0.6) is 11.5 Å². The Morgan fingerprint density at radius 3 is 2.67 bits per heavy atom. The number of ether oxygens (including phenoxy) is 2. The number of nitrogens with zero attached hydrogens (tertiary/aromatic N) is 1. The first-order valence-corrected chi connectivity index (χ1v) is 9.57. The Morgan fingerprint density at radius 1 is 1.19 bits per heavy atom. The summed E-state index contributed by atoms with van der Waals surface area (Å²) in [4.78, 5) is 16.6. The standard InChI is InChI=1S/C22H26N2O3/c1-15-4-9-20-18(12-15)19-13-23(2)11-10-21(19)24(20)22(25)14-27-17-7-5-16(26-3)6-8-17/h4-9,12,19,21H,10-11,13-14H2,1-3H3/p+1/t19-,21+/m1/s1. The van der Waals surface area contributed by atoms with Gasteiger partial charge in [0.05, 0.1) is 39.2 Å². The van der Waals surface area contributed by atoms with E-state index in [1.54, 1.807) is 7.11 Å². The summed E-state index contributed by atoms with van der Waals surface area (Å²) < 4.78 is 10.9. The van der Waals surface area contributed by atoms with E-state index in [1.165, 1.54) is 16.0 Å². The van der Waals surface area contributed by atoms with Crippen LogP contribution in [0.1, 0.15) is 23.5 Å². The van der Waals surface area contributed by atoms with Crippen LogP contribution in [0.15, 0.2) is 42.5 Å². The van der Waals surface area contributed by atoms with Crippen LogP contribution in [0.25, 0.3) is 0 Å². The first-order chi connectivity index (χ1) is 13.1. The van der Waals surface area contributed by atoms with E-state index in [1.807, 2.05) is 29.2 Å². The molecule has 0 aliphatic carbocycles. The Hall–Kier alpha value is -2.53. The summed E-state index contributed by atoms with van der Waals surface area (Å²) in [6, 6.07) is 14.0. The SMILES string of the molecule is COc1ccc(OCC(=O)N2c3ccc(C)cc3[C@H]3C[NH+](C)CC[C@@H]32)cc1. The van der Waals surface area contributed by atoms with E-state index >= 15 is 0 Å². The van der Waals surface area contributed by atoms with Crippen molar-refractivity contribution < 1.29 is 19.2 Å². The van der Waals surface area contributed by atoms with Crippen molar-refractivity contribution in [3.05, 3.63) is 53.6 Å². The lowest BCUT2D eigenvalue weighted by Gasteiger charge is -2.34. The molecule has 0 spiro atoms. The minimum absolute atomic E-state index is 0.0305. The summed E-state index contributed by atoms with van der Waals surface area (Å²) in [5.41, 5.74) is 3.63. The predicted molar refractivity (Wildman–Crippen MR) is 105 cm³/mol. The molecule has 2 aliphatic heterocycles. The average molecular weight is 367 g/mol. The number of likely N-dealkylation sites (tertiary alicyclic amines) is 1. The number of likely N-dealkylation sites (N-methyl/N-ethyl adjacent to an activating group) is 1. The first-order valence-electron chi connectivity index (χ1n) is 9.57. The van der Waals surface area contributed by atoms with Gasteiger partial charge in [-0.15, -0.1) is 0 Å². The number of piperidine rings is 1. The van der Waals surface area contributed by atoms with Gasteiger partial charge in [-0.05, 0) is 42.8 Å². The maximum atomic E-state index is 13.1. The average Bonchev–Trinajstić information content (AvgIpc) is 2.99. The topological polar surface area (TPSA) is 43.2 Å². The predicted octanol–water partition coefficient (Wildman–Crippen LogP) is 1.80. The van der Waals surface area contributed by atoms with Gasteiger partial charge < -0.3 is 19.3 Å². The summed E-state index contributed by atoms with van der Waals surface area (Å²) in [6.45, 7) is 4.33. The number of hydrogen-bond acceptors (Lipinski definition) is 3. The van der Waals surface area contributed by atoms with Gasteiger partial charge in [0, 0.05) is 12.1 Å². The molecular weight excluding hydrogens is 340 g/mol. The molecule has 1 unspecified atom stereocenters. The van der Waals surface area contributed by atoms with Crippen LogP contribution >= 0.6 is 0 Å². The third kappa shape index (κ3) is 3.39. The Bertz CT molecular complexity index is 834. The summed E-state index contributed by atoms with van der Waals surface area (Å²) in [5.74, 6) is 1.90. The lowest BCUT2D eigenvalue weighted by molar-refractivity contribution is -0.886. The van der Waals surface area contributed by atoms with Crippen molar-refractivity contribution in [3.63, 3.8) is 0 Å². The Kier molecular flexibility index (Phi) is 4.79. The van der Waals surface area contributed by atoms with Gasteiger partial charge in [-0.3, -0.25) is 4.79 Å². The van der Waals surface area contributed by atoms with Gasteiger partial charge in [0.25, 0.3) is 5.91 Å². The molecule has 2 aromatic carbocycles. The monoisotopic (exact) mass is 367 g/mol. The number of carbonyl (C=O) groups excluding carboxylic acids is 1. The molecule has 0 bridgehead atoms. The lowest BCUT2D eigenvalue weighted by atomic mass is 9.89. The fourth-order valence-electron chi connectivity index (χ4n) is 4.41. The first kappa shape index (κ1) is 17.9. The number of rotatable bonds is 4. The van der Waals surface area contributed by atoms with Gasteiger partial charge in [0.1, 0.15) is 11.5 Å². The molecule has 1 N–H and O–H groups in total. The maximum Gasteiger partial charge on any atom is 0.265 e. The summed E-state index contributed by atoms with van der Waals surface area (Å²) >= 11 is 0. The number of aryl methyl sites for hydroxylation is 1. The molecular formula is C22H27N2O3+. The van der Waals surface area contributed by atoms with Crippen LogP contribution in [-0.2, 0) is 4.79 Å². The number of benzene rings is 2. The summed E-state index contributed by atoms with van der Waals surface area (Å²) in [5, 5.41) is 0. The number of carbonyl (C=O) groups is 1. The van der Waals surface area contributed by atoms with Crippen molar-refractivity contribution in [2.75, 3.05) is 38.8 Å². The molecule has 2 aliphatic rings. The number of anilines is 1. The highest BCUT2D eigenvalue weighted by molar-refractivity contribution is 5.97. The minimum atomic E-state index is 0.0305. The van der Waals surface area contributed by atoms with Crippen molar-refractivity contribution >= 4 is 11.6 Å². The molecule has 4 rings (SSSR count). The normalized spacial score (nSPS) is 23.5. The van der Waals surface area contributed by atoms with Crippen LogP contribution < -0.4 is 19.3 Å². The van der Waals surface area contributed by atoms with Crippen molar-refractivity contribution in [1.29, 1.82) is 0 Å². The minimum Gasteiger partial charge on any atom is -0.497 e. The second kappa shape index (κ2) is 7.24. The highest BCUT2D eigenvalue weighted by Crippen LogP contribution is 2.43. The number of nitrogens with one attached hydrogen (secondary N) is 1. The zero-order chi connectivity index (χ0) is 19.0. The summed E-state index contributed by atoms with van der Waals surface area (Å²) in [6.07, 6.45) is 1.03. The molecule has 1 amide bonds. The van der Waals surface area contributed by atoms with Crippen molar-refractivity contribution in [2.24, 2.45) is 0 Å². The molecule has 2 aromatic rings. The molecule has 3 atom stereocenters. The van der Waals surface area contributed by atoms with E-state index in [9.17, 15) is 4.79 Å². The van der Waals surface area contributed by atoms with Gasteiger partial charge >= 0.3 is 0 Å². The van der Waals surface area contributed by atoms with E-state index in [0.717, 1.165) is 30.9 Å². The zero-order valence-corrected chi connectivity index (χ0v) is 16.2. The number of fused-ring (bicyclic) bond motifs is 3. The quantitative estimate of drug-likeness (QED) is 0.896. The molecule has 0 radical (unpaired) electrons. The van der Waals surface area contributed by atoms with Crippen LogP contribution in [0.2, 0.25) is 0 Å². The van der Waals surface area contributed by atoms with Gasteiger partial charge in [0.15, 0.2) is 6.61 Å². The number of hydrogen-bond donors (Lipinski definition) is 1. The second-order valence-corrected chi connectivity index (χ2v) is 7.66. The molecule has 0 saturated carbocycles. The third-order valence-corrected chi connectivity index (χ3v) is 5.76. The van der Waals surface area contributed by atoms with E-state index < -0.39 is 0 Å². The van der Waals surface area contributed by atoms with Crippen LogP contribution in [-0.4, -0.2) is 45.8 Å². The van der Waals surface area contributed by atoms with Gasteiger partial charge in [0.2, 0.25) is 0 Å². The Balaban J connectivity index is 1.53. The second-order valence-electron chi connectivity index (χ2n) is 7.66. The maximum absolute atomic E-state index is 13.1. The Morgan fingerprint density at radius 2 is 1.93 bits per heavy atom. The molecule has 0 aromatic heterocycles. The van der Waals surface area contributed by atoms with Gasteiger partial charge in [-0.1, -0.05) is 17.7 Å². The van der Waals surface area contributed by atoms with Crippen LogP contribution in [0.4, 0.5) is 5.69 Å². The lowest BCUT2D eigenvalue weighted by Crippen LogP contribution is -3.11. The number of methoxy groups -OCH3 is 1. The van der Waals surface area contributed by atoms with Crippen molar-refractivity contribution in [2.45, 2.75) is 25.3 Å². The third-order valence-electron chi connectivity index (χ3n) is 5.76. The fourth-order valence-corrected chi connectivity index (χ4v) is 4.41. The smallest absolute Gasteiger partial charge is 0.265 e. The van der Waals surface area contributed by atoms with Crippen molar-refractivity contribution in [3.8, 4) is 11.5 Å². The van der Waals surface area contributed by atoms with Crippen LogP contribution in [0.3, 0.4) is 0 Å². The highest BCUT2D eigenvalue weighted by atomic mass is 16.5. The molecule has 5 heteroatoms. The molecule has 142 valence electrons. The largest absolute Gasteiger partial charge is 0.497 e. The molecule has 1 saturated heterocycles. The van der Waals surface area contributed by atoms with E-state index in [2.05, 4.69) is 32.2 Å². The van der Waals surface area contributed by atoms with E-state index in [0.29, 0.717) is 11.7 Å². The van der Waals surface area contributed by atoms with Crippen molar-refractivity contribution in [1.82, 2.24) is 0 Å². The van der Waals surface area contributed by atoms with Gasteiger partial charge in [-0.25, -0.2) is 0 Å². The Labute approximate surface area is 160 Å². The van der Waals surface area contributed by atoms with E-state index in [4.69, 9.17) is 9.47 Å². The summed E-state index contributed by atoms with van der Waals surface area (Å²) in [7, 11) is 3.87. The number of quaternary nitrogens is 1. The molecule has 2 heterocycles. The molecule has 1 fully saturated rings. The van der Waals surface area contributed by atoms with Gasteiger partial charge in [-0.2, -0.15) is 0 Å². The highest BCUT2D eigenvalue weighted by Gasteiger charge is 2.45. The zero-order valence-electron chi connectivity index (χ0n) is 16.2. The van der Waals surface area contributed by atoms with Crippen LogP contribution in [0, 0.1) is 6.92 Å². The molecule has 5 nitrogen and oxygen atoms in total. The number of amides is 1.